The minimum atomic E-state index is -0.564. The second kappa shape index (κ2) is 8.87. The summed E-state index contributed by atoms with van der Waals surface area (Å²) < 4.78 is 7.95. The summed E-state index contributed by atoms with van der Waals surface area (Å²) in [6.45, 7) is 0. The summed E-state index contributed by atoms with van der Waals surface area (Å²) in [6.07, 6.45) is 7.35. The van der Waals surface area contributed by atoms with E-state index in [0.717, 1.165) is 33.4 Å². The first kappa shape index (κ1) is 19.8. The normalized spacial score (nSPS) is 16.0. The molecule has 0 radical (unpaired) electrons. The molecule has 9 heteroatoms. The topological polar surface area (TPSA) is 85.9 Å². The molecule has 3 aromatic rings. The molecule has 150 valence electrons. The molecule has 0 unspecified atom stereocenters. The van der Waals surface area contributed by atoms with Crippen molar-refractivity contribution in [2.75, 3.05) is 0 Å². The van der Waals surface area contributed by atoms with Crippen LogP contribution in [0.3, 0.4) is 0 Å². The maximum atomic E-state index is 10.8. The minimum absolute atomic E-state index is 0.306. The first-order chi connectivity index (χ1) is 14.1. The van der Waals surface area contributed by atoms with E-state index < -0.39 is 4.92 Å². The predicted octanol–water partition coefficient (Wildman–Crippen LogP) is 5.60. The molecule has 1 fully saturated rings. The van der Waals surface area contributed by atoms with Crippen LogP contribution in [0.25, 0.3) is 11.3 Å². The van der Waals surface area contributed by atoms with Crippen molar-refractivity contribution in [1.82, 2.24) is 4.68 Å². The third-order valence-electron chi connectivity index (χ3n) is 4.80. The van der Waals surface area contributed by atoms with Crippen LogP contribution in [0.2, 0.25) is 0 Å². The summed E-state index contributed by atoms with van der Waals surface area (Å²) in [5, 5.41) is 17.4. The van der Waals surface area contributed by atoms with Crippen LogP contribution in [0.5, 0.6) is 0 Å². The van der Waals surface area contributed by atoms with Crippen LogP contribution < -0.4 is 4.80 Å². The standard InChI is InChI=1S/C20H19BrN4O3S/c21-17-9-5-4-8-16(17)18-13-29-20(23-14-6-2-1-3-7-14)24(18)22-12-15-10-11-19(28-15)25(26)27/h4-5,8-14H,1-3,6-7H2. The number of hydrogen-bond donors (Lipinski definition) is 0. The average Bonchev–Trinajstić information content (AvgIpc) is 3.35. The van der Waals surface area contributed by atoms with E-state index in [4.69, 9.17) is 9.41 Å². The highest BCUT2D eigenvalue weighted by Crippen LogP contribution is 2.29. The van der Waals surface area contributed by atoms with E-state index in [9.17, 15) is 10.1 Å². The van der Waals surface area contributed by atoms with Gasteiger partial charge in [0, 0.05) is 15.4 Å². The molecule has 0 saturated heterocycles. The maximum absolute atomic E-state index is 10.8. The molecule has 2 heterocycles. The smallest absolute Gasteiger partial charge is 0.400 e. The van der Waals surface area contributed by atoms with Crippen molar-refractivity contribution in [1.29, 1.82) is 0 Å². The zero-order valence-corrected chi connectivity index (χ0v) is 17.9. The Bertz CT molecular complexity index is 1110. The van der Waals surface area contributed by atoms with Crippen molar-refractivity contribution in [2.45, 2.75) is 38.1 Å². The highest BCUT2D eigenvalue weighted by molar-refractivity contribution is 9.10. The molecule has 7 nitrogen and oxygen atoms in total. The molecule has 0 bridgehead atoms. The van der Waals surface area contributed by atoms with Gasteiger partial charge in [-0.15, -0.1) is 11.3 Å². The molecule has 1 aromatic carbocycles. The first-order valence-electron chi connectivity index (χ1n) is 9.39. The summed E-state index contributed by atoms with van der Waals surface area (Å²) in [6, 6.07) is 11.1. The number of aromatic nitrogens is 1. The molecule has 4 rings (SSSR count). The molecule has 0 spiro atoms. The second-order valence-electron chi connectivity index (χ2n) is 6.79. The lowest BCUT2D eigenvalue weighted by Crippen LogP contribution is -2.19. The molecule has 1 aliphatic rings. The van der Waals surface area contributed by atoms with Crippen LogP contribution in [-0.4, -0.2) is 21.9 Å². The highest BCUT2D eigenvalue weighted by atomic mass is 79.9. The second-order valence-corrected chi connectivity index (χ2v) is 8.48. The Morgan fingerprint density at radius 1 is 1.21 bits per heavy atom. The van der Waals surface area contributed by atoms with E-state index in [1.54, 1.807) is 16.0 Å². The van der Waals surface area contributed by atoms with Gasteiger partial charge in [-0.05, 0) is 25.0 Å². The molecule has 0 N–H and O–H groups in total. The summed E-state index contributed by atoms with van der Waals surface area (Å²) >= 11 is 5.15. The summed E-state index contributed by atoms with van der Waals surface area (Å²) in [4.78, 5) is 16.0. The van der Waals surface area contributed by atoms with Gasteiger partial charge in [-0.1, -0.05) is 53.4 Å². The molecule has 2 aromatic heterocycles. The van der Waals surface area contributed by atoms with E-state index in [-0.39, 0.29) is 5.88 Å². The molecule has 0 aliphatic heterocycles. The minimum Gasteiger partial charge on any atom is -0.400 e. The summed E-state index contributed by atoms with van der Waals surface area (Å²) in [7, 11) is 0. The molecule has 29 heavy (non-hydrogen) atoms. The number of thiazole rings is 1. The van der Waals surface area contributed by atoms with Crippen molar-refractivity contribution in [2.24, 2.45) is 10.1 Å². The lowest BCUT2D eigenvalue weighted by molar-refractivity contribution is -0.402. The number of furan rings is 1. The van der Waals surface area contributed by atoms with Gasteiger partial charge in [0.25, 0.3) is 0 Å². The number of rotatable bonds is 5. The van der Waals surface area contributed by atoms with Gasteiger partial charge in [0.05, 0.1) is 24.0 Å². The Morgan fingerprint density at radius 3 is 2.72 bits per heavy atom. The molecular formula is C20H19BrN4O3S. The SMILES string of the molecule is O=[N+]([O-])c1ccc(C=Nn2c(-c3ccccc3Br)csc2=NC2CCCCC2)o1. The number of halogens is 1. The van der Waals surface area contributed by atoms with Gasteiger partial charge >= 0.3 is 5.88 Å². The fourth-order valence-electron chi connectivity index (χ4n) is 3.35. The van der Waals surface area contributed by atoms with Crippen LogP contribution in [0.1, 0.15) is 37.9 Å². The molecule has 0 atom stereocenters. The van der Waals surface area contributed by atoms with Crippen LogP contribution in [0.4, 0.5) is 5.88 Å². The lowest BCUT2D eigenvalue weighted by Gasteiger charge is -2.16. The molecule has 1 aliphatic carbocycles. The van der Waals surface area contributed by atoms with Crippen LogP contribution >= 0.6 is 27.3 Å². The Hall–Kier alpha value is -2.52. The Labute approximate surface area is 179 Å². The van der Waals surface area contributed by atoms with Gasteiger partial charge in [-0.3, -0.25) is 15.1 Å². The van der Waals surface area contributed by atoms with Gasteiger partial charge in [0.2, 0.25) is 4.80 Å². The van der Waals surface area contributed by atoms with Crippen molar-refractivity contribution in [3.8, 4) is 11.3 Å². The van der Waals surface area contributed by atoms with Crippen molar-refractivity contribution in [3.05, 3.63) is 66.9 Å². The molecule has 1 saturated carbocycles. The van der Waals surface area contributed by atoms with Gasteiger partial charge in [-0.25, -0.2) is 4.68 Å². The zero-order chi connectivity index (χ0) is 20.2. The Kier molecular flexibility index (Phi) is 6.05. The zero-order valence-electron chi connectivity index (χ0n) is 15.5. The van der Waals surface area contributed by atoms with E-state index >= 15 is 0 Å². The Morgan fingerprint density at radius 2 is 2.00 bits per heavy atom. The lowest BCUT2D eigenvalue weighted by atomic mass is 9.96. The highest BCUT2D eigenvalue weighted by Gasteiger charge is 2.15. The average molecular weight is 475 g/mol. The molecule has 0 amide bonds. The summed E-state index contributed by atoms with van der Waals surface area (Å²) in [5.74, 6) is 0.0111. The van der Waals surface area contributed by atoms with Gasteiger partial charge < -0.3 is 4.42 Å². The Balaban J connectivity index is 1.76. The number of nitro groups is 1. The monoisotopic (exact) mass is 474 g/mol. The van der Waals surface area contributed by atoms with E-state index in [2.05, 4.69) is 21.0 Å². The van der Waals surface area contributed by atoms with Gasteiger partial charge in [0.15, 0.2) is 5.76 Å². The summed E-state index contributed by atoms with van der Waals surface area (Å²) in [5.41, 5.74) is 1.89. The van der Waals surface area contributed by atoms with Crippen LogP contribution in [-0.2, 0) is 0 Å². The molecular weight excluding hydrogens is 456 g/mol. The van der Waals surface area contributed by atoms with Crippen LogP contribution in [0.15, 0.2) is 60.8 Å². The number of nitrogens with zero attached hydrogens (tertiary/aromatic N) is 4. The van der Waals surface area contributed by atoms with Crippen LogP contribution in [0, 0.1) is 10.1 Å². The fraction of sp³-hybridized carbons (Fsp3) is 0.300. The van der Waals surface area contributed by atoms with Crippen molar-refractivity contribution < 1.29 is 9.34 Å². The largest absolute Gasteiger partial charge is 0.433 e. The van der Waals surface area contributed by atoms with Gasteiger partial charge in [-0.2, -0.15) is 5.10 Å². The van der Waals surface area contributed by atoms with Gasteiger partial charge in [0.1, 0.15) is 4.92 Å². The fourth-order valence-corrected chi connectivity index (χ4v) is 4.73. The van der Waals surface area contributed by atoms with Crippen molar-refractivity contribution in [3.63, 3.8) is 0 Å². The quantitative estimate of drug-likeness (QED) is 0.274. The van der Waals surface area contributed by atoms with E-state index in [0.29, 0.717) is 11.8 Å². The van der Waals surface area contributed by atoms with Crippen molar-refractivity contribution >= 4 is 39.4 Å². The number of benzene rings is 1. The maximum Gasteiger partial charge on any atom is 0.433 e. The third-order valence-corrected chi connectivity index (χ3v) is 6.32. The third kappa shape index (κ3) is 4.56. The number of hydrogen-bond acceptors (Lipinski definition) is 6. The van der Waals surface area contributed by atoms with E-state index in [1.807, 2.05) is 29.6 Å². The predicted molar refractivity (Wildman–Crippen MR) is 116 cm³/mol. The van der Waals surface area contributed by atoms with E-state index in [1.165, 1.54) is 37.6 Å². The first-order valence-corrected chi connectivity index (χ1v) is 11.1.